The fourth-order valence-electron chi connectivity index (χ4n) is 0.827. The number of nitrogens with one attached hydrogen (secondary N) is 1. The van der Waals surface area contributed by atoms with Gasteiger partial charge in [-0.2, -0.15) is 0 Å². The van der Waals surface area contributed by atoms with E-state index in [1.54, 1.807) is 0 Å². The van der Waals surface area contributed by atoms with Gasteiger partial charge in [0.2, 0.25) is 5.91 Å². The van der Waals surface area contributed by atoms with Gasteiger partial charge in [0.25, 0.3) is 0 Å². The zero-order chi connectivity index (χ0) is 8.81. The first-order chi connectivity index (χ1) is 5.83. The lowest BCUT2D eigenvalue weighted by molar-refractivity contribution is -0.116. The van der Waals surface area contributed by atoms with Gasteiger partial charge in [-0.05, 0) is 6.42 Å². The molecule has 0 aliphatic carbocycles. The van der Waals surface area contributed by atoms with E-state index in [0.717, 1.165) is 12.8 Å². The predicted octanol–water partition coefficient (Wildman–Crippen LogP) is 1.80. The van der Waals surface area contributed by atoms with Gasteiger partial charge < -0.3 is 9.84 Å². The van der Waals surface area contributed by atoms with Crippen LogP contribution in [0.3, 0.4) is 0 Å². The van der Waals surface area contributed by atoms with Crippen LogP contribution >= 0.6 is 0 Å². The van der Waals surface area contributed by atoms with Gasteiger partial charge in [0.1, 0.15) is 12.0 Å². The van der Waals surface area contributed by atoms with Gasteiger partial charge in [0.05, 0.1) is 6.20 Å². The highest BCUT2D eigenvalue weighted by molar-refractivity contribution is 5.90. The zero-order valence-electron chi connectivity index (χ0n) is 7.04. The molecule has 66 valence electrons. The van der Waals surface area contributed by atoms with Gasteiger partial charge in [-0.25, -0.2) is 0 Å². The number of carbonyl (C=O) groups excluding carboxylic acids is 1. The van der Waals surface area contributed by atoms with Crippen molar-refractivity contribution in [3.63, 3.8) is 0 Å². The van der Waals surface area contributed by atoms with Crippen LogP contribution in [0.15, 0.2) is 17.0 Å². The van der Waals surface area contributed by atoms with Crippen molar-refractivity contribution in [1.29, 1.82) is 0 Å². The Morgan fingerprint density at radius 1 is 1.75 bits per heavy atom. The molecule has 1 rings (SSSR count). The number of carbonyl (C=O) groups is 1. The van der Waals surface area contributed by atoms with Gasteiger partial charge in [0, 0.05) is 6.42 Å². The standard InChI is InChI=1S/C8H12N2O2/c1-2-3-4-8(11)10-7-5-9-12-6-7/h5-6H,2-4H2,1H3,(H,10,11). The first-order valence-electron chi connectivity index (χ1n) is 4.02. The maximum absolute atomic E-state index is 11.1. The van der Waals surface area contributed by atoms with E-state index in [9.17, 15) is 4.79 Å². The number of unbranched alkanes of at least 4 members (excludes halogenated alkanes) is 1. The highest BCUT2D eigenvalue weighted by atomic mass is 16.5. The van der Waals surface area contributed by atoms with E-state index < -0.39 is 0 Å². The lowest BCUT2D eigenvalue weighted by Crippen LogP contribution is -2.09. The summed E-state index contributed by atoms with van der Waals surface area (Å²) in [5.41, 5.74) is 0.621. The number of rotatable bonds is 4. The Labute approximate surface area is 70.9 Å². The Morgan fingerprint density at radius 2 is 2.58 bits per heavy atom. The predicted molar refractivity (Wildman–Crippen MR) is 44.7 cm³/mol. The molecule has 0 aliphatic rings. The topological polar surface area (TPSA) is 55.1 Å². The highest BCUT2D eigenvalue weighted by Gasteiger charge is 2.01. The maximum atomic E-state index is 11.1. The summed E-state index contributed by atoms with van der Waals surface area (Å²) in [4.78, 5) is 11.1. The maximum Gasteiger partial charge on any atom is 0.224 e. The number of amides is 1. The molecule has 0 spiro atoms. The molecule has 1 heterocycles. The van der Waals surface area contributed by atoms with E-state index in [4.69, 9.17) is 0 Å². The van der Waals surface area contributed by atoms with Crippen LogP contribution in [0.25, 0.3) is 0 Å². The highest BCUT2D eigenvalue weighted by Crippen LogP contribution is 2.05. The van der Waals surface area contributed by atoms with Crippen molar-refractivity contribution in [2.45, 2.75) is 26.2 Å². The average Bonchev–Trinajstić information content (AvgIpc) is 2.53. The Kier molecular flexibility index (Phi) is 3.32. The third kappa shape index (κ3) is 2.74. The van der Waals surface area contributed by atoms with Gasteiger partial charge in [-0.3, -0.25) is 4.79 Å². The van der Waals surface area contributed by atoms with Crippen molar-refractivity contribution in [2.75, 3.05) is 5.32 Å². The molecule has 1 N–H and O–H groups in total. The first kappa shape index (κ1) is 8.77. The summed E-state index contributed by atoms with van der Waals surface area (Å²) in [5, 5.41) is 6.13. The van der Waals surface area contributed by atoms with Crippen LogP contribution in [-0.4, -0.2) is 11.1 Å². The molecule has 0 atom stereocenters. The largest absolute Gasteiger partial charge is 0.363 e. The minimum atomic E-state index is 0.0139. The summed E-state index contributed by atoms with van der Waals surface area (Å²) in [6.45, 7) is 2.05. The van der Waals surface area contributed by atoms with E-state index in [-0.39, 0.29) is 5.91 Å². The first-order valence-corrected chi connectivity index (χ1v) is 4.02. The second kappa shape index (κ2) is 4.54. The molecule has 4 heteroatoms. The minimum absolute atomic E-state index is 0.0139. The fraction of sp³-hybridized carbons (Fsp3) is 0.500. The quantitative estimate of drug-likeness (QED) is 0.745. The zero-order valence-corrected chi connectivity index (χ0v) is 7.04. The molecule has 4 nitrogen and oxygen atoms in total. The lowest BCUT2D eigenvalue weighted by atomic mass is 10.2. The van der Waals surface area contributed by atoms with Crippen molar-refractivity contribution in [1.82, 2.24) is 5.16 Å². The average molecular weight is 168 g/mol. The molecule has 0 aliphatic heterocycles. The van der Waals surface area contributed by atoms with Gasteiger partial charge in [0.15, 0.2) is 0 Å². The second-order valence-electron chi connectivity index (χ2n) is 2.56. The van der Waals surface area contributed by atoms with Crippen molar-refractivity contribution in [3.05, 3.63) is 12.5 Å². The molecule has 12 heavy (non-hydrogen) atoms. The van der Waals surface area contributed by atoms with Gasteiger partial charge >= 0.3 is 0 Å². The van der Waals surface area contributed by atoms with Crippen LogP contribution in [0.1, 0.15) is 26.2 Å². The summed E-state index contributed by atoms with van der Waals surface area (Å²) < 4.78 is 4.56. The Hall–Kier alpha value is -1.32. The molecule has 0 bridgehead atoms. The lowest BCUT2D eigenvalue weighted by Gasteiger charge is -1.98. The minimum Gasteiger partial charge on any atom is -0.363 e. The molecule has 0 unspecified atom stereocenters. The summed E-state index contributed by atoms with van der Waals surface area (Å²) in [5.74, 6) is 0.0139. The van der Waals surface area contributed by atoms with E-state index in [2.05, 4.69) is 15.0 Å². The molecule has 1 aromatic heterocycles. The summed E-state index contributed by atoms with van der Waals surface area (Å²) in [6, 6.07) is 0. The van der Waals surface area contributed by atoms with E-state index in [0.29, 0.717) is 12.1 Å². The van der Waals surface area contributed by atoms with Gasteiger partial charge in [-0.15, -0.1) is 0 Å². The Balaban J connectivity index is 2.27. The summed E-state index contributed by atoms with van der Waals surface area (Å²) >= 11 is 0. The summed E-state index contributed by atoms with van der Waals surface area (Å²) in [6.07, 6.45) is 5.38. The van der Waals surface area contributed by atoms with Crippen molar-refractivity contribution < 1.29 is 9.32 Å². The number of hydrogen-bond donors (Lipinski definition) is 1. The normalized spacial score (nSPS) is 9.75. The second-order valence-corrected chi connectivity index (χ2v) is 2.56. The van der Waals surface area contributed by atoms with E-state index >= 15 is 0 Å². The third-order valence-electron chi connectivity index (χ3n) is 1.47. The van der Waals surface area contributed by atoms with Gasteiger partial charge in [-0.1, -0.05) is 18.5 Å². The molecule has 0 saturated heterocycles. The van der Waals surface area contributed by atoms with Crippen LogP contribution in [0.4, 0.5) is 5.69 Å². The molecule has 0 saturated carbocycles. The number of nitrogens with zero attached hydrogens (tertiary/aromatic N) is 1. The molecular formula is C8H12N2O2. The third-order valence-corrected chi connectivity index (χ3v) is 1.47. The van der Waals surface area contributed by atoms with Crippen LogP contribution < -0.4 is 5.32 Å². The van der Waals surface area contributed by atoms with Crippen molar-refractivity contribution >= 4 is 11.6 Å². The summed E-state index contributed by atoms with van der Waals surface area (Å²) in [7, 11) is 0. The van der Waals surface area contributed by atoms with E-state index in [1.165, 1.54) is 12.5 Å². The van der Waals surface area contributed by atoms with Crippen LogP contribution in [0.5, 0.6) is 0 Å². The number of hydrogen-bond acceptors (Lipinski definition) is 3. The van der Waals surface area contributed by atoms with Crippen molar-refractivity contribution in [3.8, 4) is 0 Å². The Morgan fingerprint density at radius 3 is 3.17 bits per heavy atom. The monoisotopic (exact) mass is 168 g/mol. The molecule has 1 amide bonds. The fourth-order valence-corrected chi connectivity index (χ4v) is 0.827. The number of anilines is 1. The molecule has 0 fully saturated rings. The SMILES string of the molecule is CCCCC(=O)Nc1cnoc1. The molecule has 0 radical (unpaired) electrons. The molecule has 0 aromatic carbocycles. The Bertz CT molecular complexity index is 231. The van der Waals surface area contributed by atoms with Crippen LogP contribution in [-0.2, 0) is 4.79 Å². The molecule has 1 aromatic rings. The molecular weight excluding hydrogens is 156 g/mol. The number of aromatic nitrogens is 1. The van der Waals surface area contributed by atoms with Crippen LogP contribution in [0, 0.1) is 0 Å². The van der Waals surface area contributed by atoms with E-state index in [1.807, 2.05) is 6.92 Å². The van der Waals surface area contributed by atoms with Crippen LogP contribution in [0.2, 0.25) is 0 Å². The van der Waals surface area contributed by atoms with Crippen molar-refractivity contribution in [2.24, 2.45) is 0 Å². The smallest absolute Gasteiger partial charge is 0.224 e.